The van der Waals surface area contributed by atoms with E-state index in [2.05, 4.69) is 30.9 Å². The van der Waals surface area contributed by atoms with Crippen molar-refractivity contribution in [2.24, 2.45) is 5.73 Å². The first-order valence-electron chi connectivity index (χ1n) is 7.36. The summed E-state index contributed by atoms with van der Waals surface area (Å²) in [5.74, 6) is 0. The molecule has 20 heavy (non-hydrogen) atoms. The lowest BCUT2D eigenvalue weighted by Gasteiger charge is -2.30. The maximum Gasteiger partial charge on any atom is 0.0589 e. The lowest BCUT2D eigenvalue weighted by atomic mass is 10.1. The summed E-state index contributed by atoms with van der Waals surface area (Å²) >= 11 is 6.36. The molecule has 0 fully saturated rings. The molecule has 0 saturated carbocycles. The predicted octanol–water partition coefficient (Wildman–Crippen LogP) is 3.44. The van der Waals surface area contributed by atoms with Crippen LogP contribution in [-0.4, -0.2) is 31.2 Å². The molecule has 0 aliphatic heterocycles. The van der Waals surface area contributed by atoms with Gasteiger partial charge in [-0.05, 0) is 30.0 Å². The second kappa shape index (κ2) is 9.35. The van der Waals surface area contributed by atoms with Crippen LogP contribution < -0.4 is 5.73 Å². The minimum atomic E-state index is 0.528. The second-order valence-electron chi connectivity index (χ2n) is 5.06. The number of nitrogens with zero attached hydrogens (tertiary/aromatic N) is 1. The molecular weight excluding hydrogens is 272 g/mol. The van der Waals surface area contributed by atoms with Gasteiger partial charge in [0.15, 0.2) is 0 Å². The van der Waals surface area contributed by atoms with Crippen molar-refractivity contribution in [1.82, 2.24) is 4.90 Å². The maximum absolute atomic E-state index is 6.36. The Kier molecular flexibility index (Phi) is 8.15. The molecule has 0 spiro atoms. The van der Waals surface area contributed by atoms with Crippen LogP contribution >= 0.6 is 11.6 Å². The van der Waals surface area contributed by atoms with Gasteiger partial charge in [0.2, 0.25) is 0 Å². The molecule has 0 aliphatic rings. The molecule has 114 valence electrons. The summed E-state index contributed by atoms with van der Waals surface area (Å²) in [6.07, 6.45) is 2.28. The molecule has 0 radical (unpaired) electrons. The van der Waals surface area contributed by atoms with Crippen molar-refractivity contribution in [2.45, 2.75) is 45.8 Å². The Morgan fingerprint density at radius 1 is 1.30 bits per heavy atom. The summed E-state index contributed by atoms with van der Waals surface area (Å²) in [6.45, 7) is 7.52. The summed E-state index contributed by atoms with van der Waals surface area (Å²) in [4.78, 5) is 2.45. The lowest BCUT2D eigenvalue weighted by Crippen LogP contribution is -2.36. The minimum Gasteiger partial charge on any atom is -0.383 e. The number of hydrogen-bond donors (Lipinski definition) is 1. The van der Waals surface area contributed by atoms with E-state index < -0.39 is 0 Å². The number of hydrogen-bond acceptors (Lipinski definition) is 3. The van der Waals surface area contributed by atoms with Crippen LogP contribution in [0.5, 0.6) is 0 Å². The number of nitrogens with two attached hydrogens (primary N) is 1. The summed E-state index contributed by atoms with van der Waals surface area (Å²) in [5, 5.41) is 0.807. The SMILES string of the molecule is CCC(CC)N(CCOC)Cc1ccc(CN)cc1Cl. The maximum atomic E-state index is 6.36. The molecule has 1 aromatic carbocycles. The monoisotopic (exact) mass is 298 g/mol. The Balaban J connectivity index is 2.82. The Labute approximate surface area is 128 Å². The van der Waals surface area contributed by atoms with Crippen molar-refractivity contribution in [1.29, 1.82) is 0 Å². The zero-order valence-corrected chi connectivity index (χ0v) is 13.6. The van der Waals surface area contributed by atoms with Crippen molar-refractivity contribution < 1.29 is 4.74 Å². The van der Waals surface area contributed by atoms with Gasteiger partial charge >= 0.3 is 0 Å². The van der Waals surface area contributed by atoms with Gasteiger partial charge in [0.25, 0.3) is 0 Å². The summed E-state index contributed by atoms with van der Waals surface area (Å²) in [5.41, 5.74) is 7.87. The first-order chi connectivity index (χ1) is 9.65. The van der Waals surface area contributed by atoms with Crippen LogP contribution in [0.3, 0.4) is 0 Å². The molecule has 0 bridgehead atoms. The highest BCUT2D eigenvalue weighted by molar-refractivity contribution is 6.31. The zero-order valence-electron chi connectivity index (χ0n) is 12.9. The van der Waals surface area contributed by atoms with Crippen LogP contribution in [-0.2, 0) is 17.8 Å². The number of halogens is 1. The van der Waals surface area contributed by atoms with Gasteiger partial charge in [-0.1, -0.05) is 37.6 Å². The number of methoxy groups -OCH3 is 1. The fraction of sp³-hybridized carbons (Fsp3) is 0.625. The Morgan fingerprint density at radius 2 is 2.00 bits per heavy atom. The topological polar surface area (TPSA) is 38.5 Å². The number of ether oxygens (including phenoxy) is 1. The molecule has 3 nitrogen and oxygen atoms in total. The fourth-order valence-electron chi connectivity index (χ4n) is 2.47. The Morgan fingerprint density at radius 3 is 2.50 bits per heavy atom. The van der Waals surface area contributed by atoms with E-state index in [4.69, 9.17) is 22.1 Å². The third kappa shape index (κ3) is 5.06. The van der Waals surface area contributed by atoms with E-state index in [1.165, 1.54) is 0 Å². The van der Waals surface area contributed by atoms with Crippen LogP contribution in [0.4, 0.5) is 0 Å². The third-order valence-corrected chi connectivity index (χ3v) is 4.12. The lowest BCUT2D eigenvalue weighted by molar-refractivity contribution is 0.110. The summed E-state index contributed by atoms with van der Waals surface area (Å²) in [6, 6.07) is 6.68. The van der Waals surface area contributed by atoms with Gasteiger partial charge in [0.1, 0.15) is 0 Å². The van der Waals surface area contributed by atoms with E-state index in [0.717, 1.165) is 48.7 Å². The number of rotatable bonds is 9. The summed E-state index contributed by atoms with van der Waals surface area (Å²) < 4.78 is 5.22. The normalized spacial score (nSPS) is 11.6. The molecule has 0 amide bonds. The molecule has 0 unspecified atom stereocenters. The van der Waals surface area contributed by atoms with E-state index in [0.29, 0.717) is 12.6 Å². The molecule has 2 N–H and O–H groups in total. The Hall–Kier alpha value is -0.610. The van der Waals surface area contributed by atoms with E-state index in [1.807, 2.05) is 6.07 Å². The van der Waals surface area contributed by atoms with Crippen molar-refractivity contribution in [3.05, 3.63) is 34.3 Å². The van der Waals surface area contributed by atoms with Crippen molar-refractivity contribution in [3.63, 3.8) is 0 Å². The zero-order chi connectivity index (χ0) is 15.0. The standard InChI is InChI=1S/C16H27ClN2O/c1-4-15(5-2)19(8-9-20-3)12-14-7-6-13(11-18)10-16(14)17/h6-7,10,15H,4-5,8-9,11-12,18H2,1-3H3. The van der Waals surface area contributed by atoms with E-state index >= 15 is 0 Å². The minimum absolute atomic E-state index is 0.528. The van der Waals surface area contributed by atoms with Crippen LogP contribution in [0.2, 0.25) is 5.02 Å². The largest absolute Gasteiger partial charge is 0.383 e. The Bertz CT molecular complexity index is 394. The molecule has 0 saturated heterocycles. The first kappa shape index (κ1) is 17.4. The molecule has 0 atom stereocenters. The van der Waals surface area contributed by atoms with Crippen LogP contribution in [0.15, 0.2) is 18.2 Å². The highest BCUT2D eigenvalue weighted by Gasteiger charge is 2.16. The van der Waals surface area contributed by atoms with Crippen LogP contribution in [0.1, 0.15) is 37.8 Å². The van der Waals surface area contributed by atoms with Gasteiger partial charge < -0.3 is 10.5 Å². The summed E-state index contributed by atoms with van der Waals surface area (Å²) in [7, 11) is 1.74. The van der Waals surface area contributed by atoms with E-state index in [9.17, 15) is 0 Å². The highest BCUT2D eigenvalue weighted by Crippen LogP contribution is 2.21. The molecular formula is C16H27ClN2O. The fourth-order valence-corrected chi connectivity index (χ4v) is 2.73. The molecule has 0 heterocycles. The molecule has 1 rings (SSSR count). The third-order valence-electron chi connectivity index (χ3n) is 3.77. The first-order valence-corrected chi connectivity index (χ1v) is 7.74. The van der Waals surface area contributed by atoms with Gasteiger partial charge in [-0.15, -0.1) is 0 Å². The van der Waals surface area contributed by atoms with E-state index in [-0.39, 0.29) is 0 Å². The van der Waals surface area contributed by atoms with Gasteiger partial charge in [0.05, 0.1) is 6.61 Å². The average Bonchev–Trinajstić information content (AvgIpc) is 2.47. The predicted molar refractivity (Wildman–Crippen MR) is 86.0 cm³/mol. The number of benzene rings is 1. The molecule has 0 aliphatic carbocycles. The quantitative estimate of drug-likeness (QED) is 0.759. The van der Waals surface area contributed by atoms with Crippen LogP contribution in [0, 0.1) is 0 Å². The van der Waals surface area contributed by atoms with Crippen LogP contribution in [0.25, 0.3) is 0 Å². The van der Waals surface area contributed by atoms with Crippen molar-refractivity contribution in [3.8, 4) is 0 Å². The van der Waals surface area contributed by atoms with Gasteiger partial charge in [-0.2, -0.15) is 0 Å². The van der Waals surface area contributed by atoms with Gasteiger partial charge in [-0.25, -0.2) is 0 Å². The average molecular weight is 299 g/mol. The van der Waals surface area contributed by atoms with Crippen molar-refractivity contribution in [2.75, 3.05) is 20.3 Å². The van der Waals surface area contributed by atoms with Gasteiger partial charge in [0, 0.05) is 37.8 Å². The van der Waals surface area contributed by atoms with Gasteiger partial charge in [-0.3, -0.25) is 4.90 Å². The van der Waals surface area contributed by atoms with E-state index in [1.54, 1.807) is 7.11 Å². The molecule has 4 heteroatoms. The highest BCUT2D eigenvalue weighted by atomic mass is 35.5. The van der Waals surface area contributed by atoms with Crippen molar-refractivity contribution >= 4 is 11.6 Å². The smallest absolute Gasteiger partial charge is 0.0589 e. The molecule has 1 aromatic rings. The molecule has 0 aromatic heterocycles. The second-order valence-corrected chi connectivity index (χ2v) is 5.47.